The fraction of sp³-hybridized carbons (Fsp3) is 0.433. The van der Waals surface area contributed by atoms with Gasteiger partial charge in [-0.2, -0.15) is 13.2 Å². The first-order valence-corrected chi connectivity index (χ1v) is 13.4. The second-order valence-electron chi connectivity index (χ2n) is 11.1. The average Bonchev–Trinajstić information content (AvgIpc) is 3.14. The van der Waals surface area contributed by atoms with Gasteiger partial charge in [0, 0.05) is 17.6 Å². The fourth-order valence-electron chi connectivity index (χ4n) is 5.87. The molecule has 6 nitrogen and oxygen atoms in total. The van der Waals surface area contributed by atoms with E-state index in [0.717, 1.165) is 54.5 Å². The first-order valence-electron chi connectivity index (χ1n) is 13.4. The van der Waals surface area contributed by atoms with E-state index in [1.54, 1.807) is 0 Å². The van der Waals surface area contributed by atoms with Gasteiger partial charge in [-0.25, -0.2) is 9.97 Å². The third-order valence-corrected chi connectivity index (χ3v) is 8.25. The lowest BCUT2D eigenvalue weighted by molar-refractivity contribution is -0.138. The second kappa shape index (κ2) is 10.3. The van der Waals surface area contributed by atoms with E-state index in [4.69, 9.17) is 0 Å². The Morgan fingerprint density at radius 1 is 1.05 bits per heavy atom. The van der Waals surface area contributed by atoms with Crippen molar-refractivity contribution in [2.24, 2.45) is 0 Å². The summed E-state index contributed by atoms with van der Waals surface area (Å²) in [6.07, 6.45) is -1.18. The summed E-state index contributed by atoms with van der Waals surface area (Å²) in [7, 11) is 0. The second-order valence-corrected chi connectivity index (χ2v) is 11.1. The van der Waals surface area contributed by atoms with Gasteiger partial charge in [0.25, 0.3) is 0 Å². The molecule has 1 saturated heterocycles. The van der Waals surface area contributed by atoms with Crippen LogP contribution in [0.5, 0.6) is 0 Å². The summed E-state index contributed by atoms with van der Waals surface area (Å²) >= 11 is 0. The third kappa shape index (κ3) is 5.24. The zero-order valence-corrected chi connectivity index (χ0v) is 22.7. The lowest BCUT2D eigenvalue weighted by atomic mass is 9.82. The first kappa shape index (κ1) is 27.1. The Kier molecular flexibility index (Phi) is 7.13. The lowest BCUT2D eigenvalue weighted by Crippen LogP contribution is -2.27. The van der Waals surface area contributed by atoms with Crippen LogP contribution >= 0.6 is 0 Å². The van der Waals surface area contributed by atoms with E-state index < -0.39 is 17.2 Å². The van der Waals surface area contributed by atoms with Crippen molar-refractivity contribution in [1.82, 2.24) is 15.3 Å². The van der Waals surface area contributed by atoms with Gasteiger partial charge in [0.2, 0.25) is 11.9 Å². The van der Waals surface area contributed by atoms with E-state index in [2.05, 4.69) is 38.9 Å². The van der Waals surface area contributed by atoms with Crippen LogP contribution in [0.25, 0.3) is 0 Å². The van der Waals surface area contributed by atoms with Crippen molar-refractivity contribution in [3.05, 3.63) is 75.6 Å². The number of carbonyl (C=O) groups is 1. The third-order valence-electron chi connectivity index (χ3n) is 8.25. The minimum absolute atomic E-state index is 0.0550. The number of hydrogen-bond acceptors (Lipinski definition) is 5. The molecule has 9 heteroatoms. The van der Waals surface area contributed by atoms with Gasteiger partial charge in [0.15, 0.2) is 0 Å². The molecule has 206 valence electrons. The van der Waals surface area contributed by atoms with E-state index in [1.165, 1.54) is 11.1 Å². The molecule has 3 aromatic rings. The van der Waals surface area contributed by atoms with Gasteiger partial charge in [-0.3, -0.25) is 4.79 Å². The quantitative estimate of drug-likeness (QED) is 0.342. The van der Waals surface area contributed by atoms with Crippen LogP contribution in [0.15, 0.2) is 36.5 Å². The molecule has 1 amide bonds. The number of rotatable bonds is 6. The van der Waals surface area contributed by atoms with Gasteiger partial charge < -0.3 is 16.0 Å². The molecule has 0 atom stereocenters. The maximum Gasteiger partial charge on any atom is 0.419 e. The lowest BCUT2D eigenvalue weighted by Gasteiger charge is -2.26. The van der Waals surface area contributed by atoms with Crippen LogP contribution in [-0.2, 0) is 29.2 Å². The summed E-state index contributed by atoms with van der Waals surface area (Å²) in [5, 5.41) is 9.43. The molecule has 1 aromatic heterocycles. The molecule has 0 radical (unpaired) electrons. The van der Waals surface area contributed by atoms with Crippen LogP contribution in [0.2, 0.25) is 0 Å². The zero-order chi connectivity index (χ0) is 27.9. The standard InChI is InChI=1S/C30H34F3N5O/c1-17-18(2)23(11-9-21(17)19-12-14-34-15-13-19)37-28-35-16-22(30(31,32)33)24(38-28)10-8-20-6-5-7-25-26(20)29(3,4)27(39)36-25/h5-7,9,11,16,19,34H,8,10,12-15H2,1-4H3,(H,36,39)(H,35,37,38). The van der Waals surface area contributed by atoms with Crippen molar-refractivity contribution in [3.63, 3.8) is 0 Å². The molecule has 2 aliphatic heterocycles. The Labute approximate surface area is 226 Å². The van der Waals surface area contributed by atoms with Crippen LogP contribution in [0, 0.1) is 13.8 Å². The number of fused-ring (bicyclic) bond motifs is 1. The number of aryl methyl sites for hydroxylation is 2. The summed E-state index contributed by atoms with van der Waals surface area (Å²) in [6.45, 7) is 9.76. The Bertz CT molecular complexity index is 1410. The number of benzene rings is 2. The van der Waals surface area contributed by atoms with Gasteiger partial charge in [-0.15, -0.1) is 0 Å². The van der Waals surface area contributed by atoms with Crippen LogP contribution < -0.4 is 16.0 Å². The molecule has 0 bridgehead atoms. The monoisotopic (exact) mass is 537 g/mol. The Hall–Kier alpha value is -3.46. The fourth-order valence-corrected chi connectivity index (χ4v) is 5.87. The highest BCUT2D eigenvalue weighted by molar-refractivity contribution is 6.06. The first-order chi connectivity index (χ1) is 18.5. The van der Waals surface area contributed by atoms with Crippen LogP contribution in [0.4, 0.5) is 30.5 Å². The number of aromatic nitrogens is 2. The number of nitrogens with one attached hydrogen (secondary N) is 3. The Morgan fingerprint density at radius 3 is 2.51 bits per heavy atom. The Balaban J connectivity index is 1.42. The minimum atomic E-state index is -4.58. The average molecular weight is 538 g/mol. The summed E-state index contributed by atoms with van der Waals surface area (Å²) < 4.78 is 41.7. The molecular formula is C30H34F3N5O. The molecule has 5 rings (SSSR count). The minimum Gasteiger partial charge on any atom is -0.325 e. The summed E-state index contributed by atoms with van der Waals surface area (Å²) in [5.74, 6) is 0.514. The van der Waals surface area contributed by atoms with Gasteiger partial charge in [0.1, 0.15) is 0 Å². The van der Waals surface area contributed by atoms with Gasteiger partial charge in [-0.1, -0.05) is 18.2 Å². The molecule has 0 unspecified atom stereocenters. The molecular weight excluding hydrogens is 503 g/mol. The van der Waals surface area contributed by atoms with Crippen molar-refractivity contribution < 1.29 is 18.0 Å². The highest BCUT2D eigenvalue weighted by Crippen LogP contribution is 2.40. The van der Waals surface area contributed by atoms with Crippen LogP contribution in [0.3, 0.4) is 0 Å². The Morgan fingerprint density at radius 2 is 1.79 bits per heavy atom. The number of piperidine rings is 1. The number of alkyl halides is 3. The van der Waals surface area contributed by atoms with Crippen LogP contribution in [-0.4, -0.2) is 29.0 Å². The zero-order valence-electron chi connectivity index (χ0n) is 22.7. The molecule has 0 aliphatic carbocycles. The van der Waals surface area contributed by atoms with Crippen molar-refractivity contribution in [2.75, 3.05) is 23.7 Å². The molecule has 39 heavy (non-hydrogen) atoms. The molecule has 0 saturated carbocycles. The summed E-state index contributed by atoms with van der Waals surface area (Å²) in [5.41, 5.74) is 5.01. The van der Waals surface area contributed by atoms with Crippen molar-refractivity contribution >= 4 is 23.2 Å². The van der Waals surface area contributed by atoms with Gasteiger partial charge in [0.05, 0.1) is 16.7 Å². The highest BCUT2D eigenvalue weighted by Gasteiger charge is 2.40. The summed E-state index contributed by atoms with van der Waals surface area (Å²) in [6, 6.07) is 9.58. The van der Waals surface area contributed by atoms with Gasteiger partial charge in [-0.05, 0) is 112 Å². The van der Waals surface area contributed by atoms with E-state index in [0.29, 0.717) is 18.0 Å². The molecule has 2 aromatic carbocycles. The predicted molar refractivity (Wildman–Crippen MR) is 147 cm³/mol. The van der Waals surface area contributed by atoms with Crippen molar-refractivity contribution in [1.29, 1.82) is 0 Å². The van der Waals surface area contributed by atoms with Crippen LogP contribution in [0.1, 0.15) is 71.7 Å². The predicted octanol–water partition coefficient (Wildman–Crippen LogP) is 6.34. The number of anilines is 3. The van der Waals surface area contributed by atoms with E-state index >= 15 is 0 Å². The number of carbonyl (C=O) groups excluding carboxylic acids is 1. The largest absolute Gasteiger partial charge is 0.419 e. The van der Waals surface area contributed by atoms with Crippen molar-refractivity contribution in [3.8, 4) is 0 Å². The van der Waals surface area contributed by atoms with E-state index in [-0.39, 0.29) is 24.0 Å². The number of hydrogen-bond donors (Lipinski definition) is 3. The smallest absolute Gasteiger partial charge is 0.325 e. The van der Waals surface area contributed by atoms with Crippen molar-refractivity contribution in [2.45, 2.75) is 70.9 Å². The molecule has 2 aliphatic rings. The summed E-state index contributed by atoms with van der Waals surface area (Å²) in [4.78, 5) is 20.8. The normalized spacial score (nSPS) is 17.2. The molecule has 3 N–H and O–H groups in total. The van der Waals surface area contributed by atoms with E-state index in [1.807, 2.05) is 45.0 Å². The SMILES string of the molecule is Cc1c(Nc2ncc(C(F)(F)F)c(CCc3cccc4c3C(C)(C)C(=O)N4)n2)ccc(C2CCNCC2)c1C. The highest BCUT2D eigenvalue weighted by atomic mass is 19.4. The van der Waals surface area contributed by atoms with Gasteiger partial charge >= 0.3 is 6.18 Å². The molecule has 1 fully saturated rings. The number of halogens is 3. The molecule has 3 heterocycles. The molecule has 0 spiro atoms. The van der Waals surface area contributed by atoms with E-state index in [9.17, 15) is 18.0 Å². The maximum absolute atomic E-state index is 13.9. The topological polar surface area (TPSA) is 78.9 Å². The maximum atomic E-state index is 13.9. The number of nitrogens with zero attached hydrogens (tertiary/aromatic N) is 2. The number of amides is 1.